The van der Waals surface area contributed by atoms with E-state index >= 15 is 0 Å². The molecule has 0 radical (unpaired) electrons. The lowest BCUT2D eigenvalue weighted by Gasteiger charge is -2.08. The largest absolute Gasteiger partial charge is 0.483 e. The van der Waals surface area contributed by atoms with Crippen LogP contribution in [0.5, 0.6) is 5.75 Å². The highest BCUT2D eigenvalue weighted by molar-refractivity contribution is 5.40. The maximum absolute atomic E-state index is 13.2. The Labute approximate surface area is 97.6 Å². The molecule has 0 saturated heterocycles. The molecule has 17 heavy (non-hydrogen) atoms. The summed E-state index contributed by atoms with van der Waals surface area (Å²) in [5.41, 5.74) is 6.92. The lowest BCUT2D eigenvalue weighted by Crippen LogP contribution is -2.00. The first-order valence-electron chi connectivity index (χ1n) is 5.08. The summed E-state index contributed by atoms with van der Waals surface area (Å²) in [4.78, 5) is 0. The molecular formula is C13H11F2NO. The molecule has 2 rings (SSSR count). The third-order valence-electron chi connectivity index (χ3n) is 2.25. The molecule has 0 bridgehead atoms. The van der Waals surface area contributed by atoms with E-state index in [2.05, 4.69) is 0 Å². The van der Waals surface area contributed by atoms with E-state index in [4.69, 9.17) is 10.5 Å². The summed E-state index contributed by atoms with van der Waals surface area (Å²) in [6.45, 7) is 0.0723. The van der Waals surface area contributed by atoms with E-state index in [1.54, 1.807) is 24.3 Å². The predicted molar refractivity (Wildman–Crippen MR) is 61.5 cm³/mol. The van der Waals surface area contributed by atoms with E-state index in [1.165, 1.54) is 6.07 Å². The van der Waals surface area contributed by atoms with Gasteiger partial charge in [0.15, 0.2) is 17.4 Å². The smallest absolute Gasteiger partial charge is 0.191 e. The summed E-state index contributed by atoms with van der Waals surface area (Å²) in [5.74, 6) is -1.79. The van der Waals surface area contributed by atoms with Gasteiger partial charge in [-0.05, 0) is 29.8 Å². The maximum Gasteiger partial charge on any atom is 0.191 e. The molecule has 0 saturated carbocycles. The fourth-order valence-corrected chi connectivity index (χ4v) is 1.46. The topological polar surface area (TPSA) is 35.2 Å². The summed E-state index contributed by atoms with van der Waals surface area (Å²) in [7, 11) is 0. The van der Waals surface area contributed by atoms with Crippen LogP contribution in [0.3, 0.4) is 0 Å². The molecule has 2 aromatic carbocycles. The third-order valence-corrected chi connectivity index (χ3v) is 2.25. The standard InChI is InChI=1S/C13H11F2NO/c14-11-5-2-6-12(15)13(11)17-8-9-3-1-4-10(16)7-9/h1-7H,8,16H2. The molecular weight excluding hydrogens is 224 g/mol. The average molecular weight is 235 g/mol. The van der Waals surface area contributed by atoms with Crippen molar-refractivity contribution >= 4 is 5.69 Å². The van der Waals surface area contributed by atoms with E-state index in [9.17, 15) is 8.78 Å². The lowest BCUT2D eigenvalue weighted by molar-refractivity contribution is 0.274. The molecule has 0 unspecified atom stereocenters. The zero-order valence-electron chi connectivity index (χ0n) is 8.99. The van der Waals surface area contributed by atoms with Crippen molar-refractivity contribution in [2.24, 2.45) is 0 Å². The molecule has 0 spiro atoms. The highest BCUT2D eigenvalue weighted by atomic mass is 19.1. The van der Waals surface area contributed by atoms with E-state index in [0.717, 1.165) is 17.7 Å². The number of ether oxygens (including phenoxy) is 1. The first-order chi connectivity index (χ1) is 8.16. The SMILES string of the molecule is Nc1cccc(COc2c(F)cccc2F)c1. The van der Waals surface area contributed by atoms with Crippen LogP contribution in [0, 0.1) is 11.6 Å². The van der Waals surface area contributed by atoms with Crippen molar-refractivity contribution < 1.29 is 13.5 Å². The van der Waals surface area contributed by atoms with Crippen molar-refractivity contribution in [3.8, 4) is 5.75 Å². The number of rotatable bonds is 3. The van der Waals surface area contributed by atoms with E-state index < -0.39 is 11.6 Å². The van der Waals surface area contributed by atoms with Crippen LogP contribution in [0.4, 0.5) is 14.5 Å². The number of benzene rings is 2. The van der Waals surface area contributed by atoms with E-state index in [1.807, 2.05) is 0 Å². The van der Waals surface area contributed by atoms with E-state index in [-0.39, 0.29) is 12.4 Å². The highest BCUT2D eigenvalue weighted by Crippen LogP contribution is 2.22. The van der Waals surface area contributed by atoms with Gasteiger partial charge in [0.25, 0.3) is 0 Å². The van der Waals surface area contributed by atoms with Crippen LogP contribution < -0.4 is 10.5 Å². The van der Waals surface area contributed by atoms with Gasteiger partial charge in [0.05, 0.1) is 0 Å². The van der Waals surface area contributed by atoms with Crippen LogP contribution in [-0.4, -0.2) is 0 Å². The zero-order chi connectivity index (χ0) is 12.3. The number of anilines is 1. The van der Waals surface area contributed by atoms with Gasteiger partial charge < -0.3 is 10.5 Å². The minimum atomic E-state index is -0.714. The Bertz CT molecular complexity index is 508. The number of nitrogen functional groups attached to an aromatic ring is 1. The van der Waals surface area contributed by atoms with Crippen molar-refractivity contribution in [3.05, 3.63) is 59.7 Å². The first kappa shape index (κ1) is 11.4. The van der Waals surface area contributed by atoms with Gasteiger partial charge in [-0.25, -0.2) is 8.78 Å². The first-order valence-corrected chi connectivity index (χ1v) is 5.08. The average Bonchev–Trinajstić information content (AvgIpc) is 2.28. The van der Waals surface area contributed by atoms with Crippen molar-refractivity contribution in [2.75, 3.05) is 5.73 Å². The minimum Gasteiger partial charge on any atom is -0.483 e. The van der Waals surface area contributed by atoms with Crippen molar-refractivity contribution in [3.63, 3.8) is 0 Å². The van der Waals surface area contributed by atoms with Gasteiger partial charge in [-0.3, -0.25) is 0 Å². The van der Waals surface area contributed by atoms with Crippen LogP contribution in [0.2, 0.25) is 0 Å². The van der Waals surface area contributed by atoms with Crippen LogP contribution >= 0.6 is 0 Å². The number of hydrogen-bond donors (Lipinski definition) is 1. The van der Waals surface area contributed by atoms with Crippen LogP contribution in [-0.2, 0) is 6.61 Å². The molecule has 0 aliphatic heterocycles. The number of halogens is 2. The number of hydrogen-bond acceptors (Lipinski definition) is 2. The number of nitrogens with two attached hydrogens (primary N) is 1. The van der Waals surface area contributed by atoms with Gasteiger partial charge in [-0.2, -0.15) is 0 Å². The summed E-state index contributed by atoms with van der Waals surface area (Å²) < 4.78 is 31.6. The fourth-order valence-electron chi connectivity index (χ4n) is 1.46. The lowest BCUT2D eigenvalue weighted by atomic mass is 10.2. The van der Waals surface area contributed by atoms with Gasteiger partial charge in [-0.15, -0.1) is 0 Å². The fraction of sp³-hybridized carbons (Fsp3) is 0.0769. The normalized spacial score (nSPS) is 10.2. The summed E-state index contributed by atoms with van der Waals surface area (Å²) in [6, 6.07) is 10.5. The van der Waals surface area contributed by atoms with Gasteiger partial charge in [0, 0.05) is 5.69 Å². The Hall–Kier alpha value is -2.10. The Kier molecular flexibility index (Phi) is 3.23. The van der Waals surface area contributed by atoms with Gasteiger partial charge in [0.2, 0.25) is 0 Å². The van der Waals surface area contributed by atoms with Gasteiger partial charge in [-0.1, -0.05) is 18.2 Å². The zero-order valence-corrected chi connectivity index (χ0v) is 8.99. The molecule has 2 aromatic rings. The molecule has 0 fully saturated rings. The molecule has 0 aliphatic rings. The Morgan fingerprint density at radius 1 is 1.00 bits per heavy atom. The van der Waals surface area contributed by atoms with Gasteiger partial charge >= 0.3 is 0 Å². The molecule has 2 N–H and O–H groups in total. The summed E-state index contributed by atoms with van der Waals surface area (Å²) in [5, 5.41) is 0. The van der Waals surface area contributed by atoms with E-state index in [0.29, 0.717) is 5.69 Å². The minimum absolute atomic E-state index is 0.0723. The van der Waals surface area contributed by atoms with Gasteiger partial charge in [0.1, 0.15) is 6.61 Å². The second-order valence-electron chi connectivity index (χ2n) is 3.58. The quantitative estimate of drug-likeness (QED) is 0.829. The molecule has 2 nitrogen and oxygen atoms in total. The summed E-state index contributed by atoms with van der Waals surface area (Å²) in [6.07, 6.45) is 0. The summed E-state index contributed by atoms with van der Waals surface area (Å²) >= 11 is 0. The third kappa shape index (κ3) is 2.72. The second kappa shape index (κ2) is 4.82. The predicted octanol–water partition coefficient (Wildman–Crippen LogP) is 3.13. The maximum atomic E-state index is 13.2. The molecule has 88 valence electrons. The molecule has 0 atom stereocenters. The van der Waals surface area contributed by atoms with Crippen LogP contribution in [0.1, 0.15) is 5.56 Å². The van der Waals surface area contributed by atoms with Crippen LogP contribution in [0.25, 0.3) is 0 Å². The Morgan fingerprint density at radius 3 is 2.29 bits per heavy atom. The highest BCUT2D eigenvalue weighted by Gasteiger charge is 2.09. The molecule has 0 heterocycles. The van der Waals surface area contributed by atoms with Crippen molar-refractivity contribution in [1.29, 1.82) is 0 Å². The molecule has 0 amide bonds. The van der Waals surface area contributed by atoms with Crippen LogP contribution in [0.15, 0.2) is 42.5 Å². The Morgan fingerprint density at radius 2 is 1.65 bits per heavy atom. The van der Waals surface area contributed by atoms with Crippen molar-refractivity contribution in [1.82, 2.24) is 0 Å². The molecule has 0 aliphatic carbocycles. The molecule has 4 heteroatoms. The molecule has 0 aromatic heterocycles. The second-order valence-corrected chi connectivity index (χ2v) is 3.58. The number of para-hydroxylation sites is 1. The van der Waals surface area contributed by atoms with Crippen molar-refractivity contribution in [2.45, 2.75) is 6.61 Å². The Balaban J connectivity index is 2.13. The monoisotopic (exact) mass is 235 g/mol.